The fourth-order valence-corrected chi connectivity index (χ4v) is 2.53. The molecule has 0 saturated heterocycles. The molecule has 0 aliphatic heterocycles. The lowest BCUT2D eigenvalue weighted by Gasteiger charge is -2.10. The van der Waals surface area contributed by atoms with E-state index in [1.165, 1.54) is 0 Å². The van der Waals surface area contributed by atoms with Crippen molar-refractivity contribution in [1.82, 2.24) is 4.98 Å². The van der Waals surface area contributed by atoms with Gasteiger partial charge in [0.05, 0.1) is 16.1 Å². The van der Waals surface area contributed by atoms with E-state index in [-0.39, 0.29) is 0 Å². The minimum absolute atomic E-state index is 0.584. The number of nitriles is 1. The van der Waals surface area contributed by atoms with E-state index in [1.54, 1.807) is 18.2 Å². The van der Waals surface area contributed by atoms with E-state index >= 15 is 0 Å². The molecule has 0 aliphatic rings. The molecule has 0 spiro atoms. The Hall–Kier alpha value is -2.38. The van der Waals surface area contributed by atoms with Crippen molar-refractivity contribution in [1.29, 1.82) is 5.26 Å². The Kier molecular flexibility index (Phi) is 3.59. The molecule has 0 atom stereocenters. The van der Waals surface area contributed by atoms with Crippen LogP contribution in [0.1, 0.15) is 11.3 Å². The van der Waals surface area contributed by atoms with Crippen molar-refractivity contribution in [2.75, 3.05) is 0 Å². The number of pyridine rings is 1. The van der Waals surface area contributed by atoms with Crippen LogP contribution in [0.5, 0.6) is 11.5 Å². The van der Waals surface area contributed by atoms with Gasteiger partial charge in [0, 0.05) is 11.1 Å². The van der Waals surface area contributed by atoms with Crippen molar-refractivity contribution in [3.8, 4) is 17.6 Å². The van der Waals surface area contributed by atoms with Gasteiger partial charge in [-0.1, -0.05) is 18.2 Å². The van der Waals surface area contributed by atoms with Crippen LogP contribution in [0.2, 0.25) is 0 Å². The molecular formula is C17H11BrN2O. The van der Waals surface area contributed by atoms with Crippen LogP contribution in [0, 0.1) is 18.3 Å². The molecular weight excluding hydrogens is 328 g/mol. The second-order valence-corrected chi connectivity index (χ2v) is 5.49. The highest BCUT2D eigenvalue weighted by Gasteiger charge is 2.08. The van der Waals surface area contributed by atoms with Crippen LogP contribution in [-0.2, 0) is 0 Å². The first-order valence-corrected chi connectivity index (χ1v) is 7.20. The second kappa shape index (κ2) is 5.55. The van der Waals surface area contributed by atoms with Gasteiger partial charge in [-0.15, -0.1) is 0 Å². The Bertz CT molecular complexity index is 868. The van der Waals surface area contributed by atoms with Crippen molar-refractivity contribution in [3.63, 3.8) is 0 Å². The summed E-state index contributed by atoms with van der Waals surface area (Å²) in [6.07, 6.45) is 0. The number of fused-ring (bicyclic) bond motifs is 1. The summed E-state index contributed by atoms with van der Waals surface area (Å²) >= 11 is 3.43. The molecule has 3 nitrogen and oxygen atoms in total. The number of ether oxygens (including phenoxy) is 1. The van der Waals surface area contributed by atoms with Gasteiger partial charge in [0.1, 0.15) is 11.3 Å². The molecule has 0 unspecified atom stereocenters. The van der Waals surface area contributed by atoms with E-state index in [0.29, 0.717) is 17.1 Å². The lowest BCUT2D eigenvalue weighted by atomic mass is 10.2. The van der Waals surface area contributed by atoms with Crippen molar-refractivity contribution in [2.45, 2.75) is 6.92 Å². The van der Waals surface area contributed by atoms with Crippen LogP contribution in [0.15, 0.2) is 53.0 Å². The van der Waals surface area contributed by atoms with Crippen molar-refractivity contribution >= 4 is 26.8 Å². The molecule has 0 fully saturated rings. The number of aryl methyl sites for hydroxylation is 1. The first-order chi connectivity index (χ1) is 10.2. The van der Waals surface area contributed by atoms with Gasteiger partial charge in [-0.05, 0) is 53.2 Å². The molecule has 0 N–H and O–H groups in total. The number of benzene rings is 2. The van der Waals surface area contributed by atoms with Crippen molar-refractivity contribution in [3.05, 3.63) is 64.3 Å². The van der Waals surface area contributed by atoms with Gasteiger partial charge in [-0.3, -0.25) is 0 Å². The Morgan fingerprint density at radius 3 is 2.71 bits per heavy atom. The molecule has 1 heterocycles. The molecule has 0 radical (unpaired) electrons. The molecule has 3 aromatic rings. The second-order valence-electron chi connectivity index (χ2n) is 4.64. The zero-order chi connectivity index (χ0) is 14.8. The zero-order valence-corrected chi connectivity index (χ0v) is 12.9. The van der Waals surface area contributed by atoms with Crippen LogP contribution >= 0.6 is 15.9 Å². The SMILES string of the molecule is Cc1ccc2cccc(Oc3ccc(C#N)cc3Br)c2n1. The number of nitrogens with zero attached hydrogens (tertiary/aromatic N) is 2. The molecule has 2 aromatic carbocycles. The third kappa shape index (κ3) is 2.74. The Labute approximate surface area is 130 Å². The first kappa shape index (κ1) is 13.6. The maximum atomic E-state index is 8.89. The highest BCUT2D eigenvalue weighted by Crippen LogP contribution is 2.33. The van der Waals surface area contributed by atoms with E-state index in [9.17, 15) is 0 Å². The fourth-order valence-electron chi connectivity index (χ4n) is 2.07. The minimum atomic E-state index is 0.584. The normalized spacial score (nSPS) is 10.3. The Balaban J connectivity index is 2.06. The molecule has 3 rings (SSSR count). The summed E-state index contributed by atoms with van der Waals surface area (Å²) in [4.78, 5) is 4.54. The van der Waals surface area contributed by atoms with Crippen LogP contribution in [-0.4, -0.2) is 4.98 Å². The topological polar surface area (TPSA) is 45.9 Å². The summed E-state index contributed by atoms with van der Waals surface area (Å²) in [6.45, 7) is 1.95. The van der Waals surface area contributed by atoms with Crippen molar-refractivity contribution in [2.24, 2.45) is 0 Å². The summed E-state index contributed by atoms with van der Waals surface area (Å²) in [5, 5.41) is 9.92. The average molecular weight is 339 g/mol. The lowest BCUT2D eigenvalue weighted by Crippen LogP contribution is -1.91. The van der Waals surface area contributed by atoms with Gasteiger partial charge < -0.3 is 4.74 Å². The third-order valence-electron chi connectivity index (χ3n) is 3.10. The number of halogens is 1. The third-order valence-corrected chi connectivity index (χ3v) is 3.72. The van der Waals surface area contributed by atoms with E-state index in [4.69, 9.17) is 10.00 Å². The van der Waals surface area contributed by atoms with Gasteiger partial charge in [0.2, 0.25) is 0 Å². The highest BCUT2D eigenvalue weighted by atomic mass is 79.9. The molecule has 0 saturated carbocycles. The Morgan fingerprint density at radius 2 is 1.95 bits per heavy atom. The number of hydrogen-bond donors (Lipinski definition) is 0. The molecule has 21 heavy (non-hydrogen) atoms. The number of hydrogen-bond acceptors (Lipinski definition) is 3. The molecule has 0 amide bonds. The van der Waals surface area contributed by atoms with E-state index in [2.05, 4.69) is 27.0 Å². The van der Waals surface area contributed by atoms with Gasteiger partial charge in [-0.25, -0.2) is 4.98 Å². The minimum Gasteiger partial charge on any atom is -0.454 e. The molecule has 0 aliphatic carbocycles. The summed E-state index contributed by atoms with van der Waals surface area (Å²) in [5.74, 6) is 1.35. The summed E-state index contributed by atoms with van der Waals surface area (Å²) in [6, 6.07) is 17.2. The van der Waals surface area contributed by atoms with Crippen LogP contribution in [0.3, 0.4) is 0 Å². The van der Waals surface area contributed by atoms with E-state index in [1.807, 2.05) is 37.3 Å². The zero-order valence-electron chi connectivity index (χ0n) is 11.3. The lowest BCUT2D eigenvalue weighted by molar-refractivity contribution is 0.484. The van der Waals surface area contributed by atoms with Gasteiger partial charge >= 0.3 is 0 Å². The van der Waals surface area contributed by atoms with Crippen LogP contribution in [0.25, 0.3) is 10.9 Å². The average Bonchev–Trinajstić information content (AvgIpc) is 2.49. The maximum absolute atomic E-state index is 8.89. The highest BCUT2D eigenvalue weighted by molar-refractivity contribution is 9.10. The van der Waals surface area contributed by atoms with Crippen LogP contribution < -0.4 is 4.74 Å². The molecule has 102 valence electrons. The van der Waals surface area contributed by atoms with E-state index < -0.39 is 0 Å². The Morgan fingerprint density at radius 1 is 1.10 bits per heavy atom. The van der Waals surface area contributed by atoms with E-state index in [0.717, 1.165) is 21.1 Å². The summed E-state index contributed by atoms with van der Waals surface area (Å²) in [7, 11) is 0. The number of aromatic nitrogens is 1. The summed E-state index contributed by atoms with van der Waals surface area (Å²) in [5.41, 5.74) is 2.35. The van der Waals surface area contributed by atoms with Crippen LogP contribution in [0.4, 0.5) is 0 Å². The molecule has 1 aromatic heterocycles. The van der Waals surface area contributed by atoms with Gasteiger partial charge in [-0.2, -0.15) is 5.26 Å². The molecule has 0 bridgehead atoms. The quantitative estimate of drug-likeness (QED) is 0.662. The smallest absolute Gasteiger partial charge is 0.153 e. The predicted octanol–water partition coefficient (Wildman–Crippen LogP) is 4.97. The predicted molar refractivity (Wildman–Crippen MR) is 85.4 cm³/mol. The summed E-state index contributed by atoms with van der Waals surface area (Å²) < 4.78 is 6.70. The van der Waals surface area contributed by atoms with Gasteiger partial charge in [0.15, 0.2) is 5.75 Å². The molecule has 4 heteroatoms. The van der Waals surface area contributed by atoms with Crippen molar-refractivity contribution < 1.29 is 4.74 Å². The standard InChI is InChI=1S/C17H11BrN2O/c1-11-5-7-13-3-2-4-16(17(13)20-11)21-15-8-6-12(10-19)9-14(15)18/h2-9H,1H3. The van der Waals surface area contributed by atoms with Gasteiger partial charge in [0.25, 0.3) is 0 Å². The maximum Gasteiger partial charge on any atom is 0.153 e. The first-order valence-electron chi connectivity index (χ1n) is 6.41. The number of rotatable bonds is 2. The number of para-hydroxylation sites is 1. The largest absolute Gasteiger partial charge is 0.454 e. The fraction of sp³-hybridized carbons (Fsp3) is 0.0588. The monoisotopic (exact) mass is 338 g/mol.